The lowest BCUT2D eigenvalue weighted by Crippen LogP contribution is -2.50. The van der Waals surface area contributed by atoms with Gasteiger partial charge in [-0.15, -0.1) is 0 Å². The van der Waals surface area contributed by atoms with Gasteiger partial charge in [-0.05, 0) is 55.0 Å². The lowest BCUT2D eigenvalue weighted by Gasteiger charge is -2.32. The molecule has 0 saturated heterocycles. The summed E-state index contributed by atoms with van der Waals surface area (Å²) in [6, 6.07) is 24.2. The molecule has 2 amide bonds. The standard InChI is InChI=1S/C33H43N3O4S/c1-5-6-22-34-33(38)31(24-28-16-9-7-10-17-28)35(25-29-18-11-8-12-19-29)32(37)21-14-23-36(41(4,39)40)30-20-13-15-26(2)27(30)3/h7-13,15-20,31H,5-6,14,21-25H2,1-4H3,(H,34,38)/t31-/m0/s1. The van der Waals surface area contributed by atoms with Crippen LogP contribution in [-0.2, 0) is 32.6 Å². The van der Waals surface area contributed by atoms with Crippen molar-refractivity contribution in [1.82, 2.24) is 10.2 Å². The number of nitrogens with zero attached hydrogens (tertiary/aromatic N) is 2. The number of benzene rings is 3. The molecule has 0 bridgehead atoms. The van der Waals surface area contributed by atoms with E-state index in [1.807, 2.05) is 86.6 Å². The Hall–Kier alpha value is -3.65. The van der Waals surface area contributed by atoms with Crippen LogP contribution >= 0.6 is 0 Å². The summed E-state index contributed by atoms with van der Waals surface area (Å²) < 4.78 is 26.9. The molecule has 1 N–H and O–H groups in total. The normalized spacial score (nSPS) is 12.0. The van der Waals surface area contributed by atoms with E-state index in [1.54, 1.807) is 11.0 Å². The molecule has 0 unspecified atom stereocenters. The first-order valence-corrected chi connectivity index (χ1v) is 16.2. The minimum absolute atomic E-state index is 0.108. The average Bonchev–Trinajstić information content (AvgIpc) is 2.95. The Kier molecular flexibility index (Phi) is 12.0. The average molecular weight is 578 g/mol. The summed E-state index contributed by atoms with van der Waals surface area (Å²) in [6.45, 7) is 6.92. The third kappa shape index (κ3) is 9.46. The summed E-state index contributed by atoms with van der Waals surface area (Å²) in [6.07, 6.45) is 3.81. The van der Waals surface area contributed by atoms with Gasteiger partial charge >= 0.3 is 0 Å². The quantitative estimate of drug-likeness (QED) is 0.245. The van der Waals surface area contributed by atoms with Crippen molar-refractivity contribution in [2.75, 3.05) is 23.7 Å². The summed E-state index contributed by atoms with van der Waals surface area (Å²) in [7, 11) is -3.56. The van der Waals surface area contributed by atoms with E-state index in [-0.39, 0.29) is 31.3 Å². The molecule has 220 valence electrons. The van der Waals surface area contributed by atoms with Crippen molar-refractivity contribution in [3.63, 3.8) is 0 Å². The first kappa shape index (κ1) is 31.9. The van der Waals surface area contributed by atoms with Crippen molar-refractivity contribution in [3.8, 4) is 0 Å². The molecule has 3 rings (SSSR count). The van der Waals surface area contributed by atoms with E-state index in [0.29, 0.717) is 25.1 Å². The fourth-order valence-corrected chi connectivity index (χ4v) is 5.84. The minimum Gasteiger partial charge on any atom is -0.354 e. The number of nitrogens with one attached hydrogen (secondary N) is 1. The Morgan fingerprint density at radius 1 is 0.854 bits per heavy atom. The number of carbonyl (C=O) groups excluding carboxylic acids is 2. The number of aryl methyl sites for hydroxylation is 1. The van der Waals surface area contributed by atoms with E-state index in [9.17, 15) is 18.0 Å². The van der Waals surface area contributed by atoms with Crippen molar-refractivity contribution in [2.45, 2.75) is 65.5 Å². The van der Waals surface area contributed by atoms with Crippen LogP contribution in [-0.4, -0.2) is 50.5 Å². The lowest BCUT2D eigenvalue weighted by molar-refractivity contribution is -0.141. The molecule has 0 spiro atoms. The Morgan fingerprint density at radius 3 is 2.10 bits per heavy atom. The van der Waals surface area contributed by atoms with E-state index in [0.717, 1.165) is 35.1 Å². The molecular formula is C33H43N3O4S. The van der Waals surface area contributed by atoms with Gasteiger partial charge in [0, 0.05) is 32.5 Å². The minimum atomic E-state index is -3.56. The van der Waals surface area contributed by atoms with Crippen molar-refractivity contribution < 1.29 is 18.0 Å². The Morgan fingerprint density at radius 2 is 1.49 bits per heavy atom. The highest BCUT2D eigenvalue weighted by Crippen LogP contribution is 2.26. The SMILES string of the molecule is CCCCNC(=O)[C@H](Cc1ccccc1)N(Cc1ccccc1)C(=O)CCCN(c1cccc(C)c1C)S(C)(=O)=O. The molecule has 7 nitrogen and oxygen atoms in total. The monoisotopic (exact) mass is 577 g/mol. The second kappa shape index (κ2) is 15.4. The molecule has 0 aromatic heterocycles. The van der Waals surface area contributed by atoms with Gasteiger partial charge in [0.1, 0.15) is 6.04 Å². The van der Waals surface area contributed by atoms with Gasteiger partial charge in [-0.2, -0.15) is 0 Å². The van der Waals surface area contributed by atoms with Crippen molar-refractivity contribution >= 4 is 27.5 Å². The predicted molar refractivity (Wildman–Crippen MR) is 166 cm³/mol. The number of unbranched alkanes of at least 4 members (excludes halogenated alkanes) is 1. The fourth-order valence-electron chi connectivity index (χ4n) is 4.83. The summed E-state index contributed by atoms with van der Waals surface area (Å²) in [5.74, 6) is -0.366. The molecule has 0 fully saturated rings. The van der Waals surface area contributed by atoms with Gasteiger partial charge in [0.15, 0.2) is 0 Å². The maximum Gasteiger partial charge on any atom is 0.243 e. The Bertz CT molecular complexity index is 1380. The highest BCUT2D eigenvalue weighted by molar-refractivity contribution is 7.92. The number of hydrogen-bond donors (Lipinski definition) is 1. The first-order valence-electron chi connectivity index (χ1n) is 14.3. The highest BCUT2D eigenvalue weighted by atomic mass is 32.2. The van der Waals surface area contributed by atoms with Crippen LogP contribution in [0, 0.1) is 13.8 Å². The van der Waals surface area contributed by atoms with Crippen LogP contribution in [0.5, 0.6) is 0 Å². The second-order valence-electron chi connectivity index (χ2n) is 10.5. The summed E-state index contributed by atoms with van der Waals surface area (Å²) >= 11 is 0. The van der Waals surface area contributed by atoms with Gasteiger partial charge in [0.2, 0.25) is 21.8 Å². The number of anilines is 1. The molecule has 41 heavy (non-hydrogen) atoms. The van der Waals surface area contributed by atoms with Gasteiger partial charge in [-0.1, -0.05) is 86.1 Å². The molecule has 0 radical (unpaired) electrons. The third-order valence-electron chi connectivity index (χ3n) is 7.29. The Balaban J connectivity index is 1.86. The van der Waals surface area contributed by atoms with Crippen LogP contribution in [0.15, 0.2) is 78.9 Å². The number of sulfonamides is 1. The zero-order chi connectivity index (χ0) is 29.8. The molecule has 3 aromatic carbocycles. The van der Waals surface area contributed by atoms with Crippen LogP contribution < -0.4 is 9.62 Å². The van der Waals surface area contributed by atoms with Gasteiger partial charge in [-0.3, -0.25) is 13.9 Å². The molecule has 0 aliphatic heterocycles. The van der Waals surface area contributed by atoms with Crippen LogP contribution in [0.4, 0.5) is 5.69 Å². The van der Waals surface area contributed by atoms with Gasteiger partial charge in [0.05, 0.1) is 11.9 Å². The second-order valence-corrected chi connectivity index (χ2v) is 12.4. The van der Waals surface area contributed by atoms with Gasteiger partial charge < -0.3 is 10.2 Å². The zero-order valence-electron chi connectivity index (χ0n) is 24.7. The van der Waals surface area contributed by atoms with Gasteiger partial charge in [0.25, 0.3) is 0 Å². The van der Waals surface area contributed by atoms with E-state index in [2.05, 4.69) is 12.2 Å². The zero-order valence-corrected chi connectivity index (χ0v) is 25.5. The summed E-state index contributed by atoms with van der Waals surface area (Å²) in [5.41, 5.74) is 4.40. The molecule has 3 aromatic rings. The van der Waals surface area contributed by atoms with Crippen molar-refractivity contribution in [1.29, 1.82) is 0 Å². The smallest absolute Gasteiger partial charge is 0.243 e. The van der Waals surface area contributed by atoms with Crippen molar-refractivity contribution in [3.05, 3.63) is 101 Å². The molecular weight excluding hydrogens is 534 g/mol. The first-order chi connectivity index (χ1) is 19.6. The Labute approximate surface area is 245 Å². The van der Waals surface area contributed by atoms with E-state index in [4.69, 9.17) is 0 Å². The maximum absolute atomic E-state index is 13.9. The lowest BCUT2D eigenvalue weighted by atomic mass is 10.0. The molecule has 0 aliphatic carbocycles. The number of carbonyl (C=O) groups is 2. The fraction of sp³-hybridized carbons (Fsp3) is 0.394. The van der Waals surface area contributed by atoms with E-state index in [1.165, 1.54) is 10.6 Å². The topological polar surface area (TPSA) is 86.8 Å². The van der Waals surface area contributed by atoms with Crippen LogP contribution in [0.2, 0.25) is 0 Å². The van der Waals surface area contributed by atoms with Crippen molar-refractivity contribution in [2.24, 2.45) is 0 Å². The summed E-state index contributed by atoms with van der Waals surface area (Å²) in [5, 5.41) is 3.03. The van der Waals surface area contributed by atoms with E-state index < -0.39 is 16.1 Å². The molecule has 8 heteroatoms. The number of hydrogen-bond acceptors (Lipinski definition) is 4. The molecule has 0 aliphatic rings. The third-order valence-corrected chi connectivity index (χ3v) is 8.47. The molecule has 0 heterocycles. The summed E-state index contributed by atoms with van der Waals surface area (Å²) in [4.78, 5) is 29.1. The maximum atomic E-state index is 13.9. The number of amides is 2. The molecule has 0 saturated carbocycles. The van der Waals surface area contributed by atoms with E-state index >= 15 is 0 Å². The van der Waals surface area contributed by atoms with Gasteiger partial charge in [-0.25, -0.2) is 8.42 Å². The van der Waals surface area contributed by atoms with Crippen LogP contribution in [0.1, 0.15) is 54.9 Å². The van der Waals surface area contributed by atoms with Crippen LogP contribution in [0.25, 0.3) is 0 Å². The predicted octanol–water partition coefficient (Wildman–Crippen LogP) is 5.41. The molecule has 1 atom stereocenters. The number of rotatable bonds is 15. The highest BCUT2D eigenvalue weighted by Gasteiger charge is 2.30. The largest absolute Gasteiger partial charge is 0.354 e. The van der Waals surface area contributed by atoms with Crippen LogP contribution in [0.3, 0.4) is 0 Å².